The van der Waals surface area contributed by atoms with Crippen LogP contribution in [-0.2, 0) is 25.2 Å². The van der Waals surface area contributed by atoms with E-state index in [0.717, 1.165) is 34.5 Å². The first-order valence-electron chi connectivity index (χ1n) is 13.9. The van der Waals surface area contributed by atoms with Gasteiger partial charge in [-0.2, -0.15) is 13.2 Å². The minimum absolute atomic E-state index is 0.0150. The third-order valence-electron chi connectivity index (χ3n) is 5.70. The van der Waals surface area contributed by atoms with E-state index in [1.54, 1.807) is 12.1 Å². The zero-order valence-electron chi connectivity index (χ0n) is 26.0. The van der Waals surface area contributed by atoms with E-state index in [1.165, 1.54) is 35.8 Å². The Kier molecular flexibility index (Phi) is 12.6. The minimum atomic E-state index is -4.59. The van der Waals surface area contributed by atoms with Crippen molar-refractivity contribution >= 4 is 41.8 Å². The van der Waals surface area contributed by atoms with Gasteiger partial charge in [-0.25, -0.2) is 44.5 Å². The minimum Gasteiger partial charge on any atom is -0.434 e. The van der Waals surface area contributed by atoms with Crippen molar-refractivity contribution in [2.45, 2.75) is 26.9 Å². The maximum atomic E-state index is 12.8. The lowest BCUT2D eigenvalue weighted by atomic mass is 10.1. The first-order valence-corrected chi connectivity index (χ1v) is 13.9. The number of carbonyl (C=O) groups excluding carboxylic acids is 3. The average Bonchev–Trinajstić information content (AvgIpc) is 3.75. The molecule has 0 aliphatic carbocycles. The van der Waals surface area contributed by atoms with Gasteiger partial charge in [-0.3, -0.25) is 10.2 Å². The van der Waals surface area contributed by atoms with Crippen molar-refractivity contribution in [2.24, 2.45) is 11.8 Å². The highest BCUT2D eigenvalue weighted by molar-refractivity contribution is 5.91. The Labute approximate surface area is 277 Å². The quantitative estimate of drug-likeness (QED) is 0.0455. The van der Waals surface area contributed by atoms with Gasteiger partial charge in [-0.05, 0) is 37.1 Å². The molecule has 0 aliphatic heterocycles. The molecular formula is C31H27F3N10O5. The zero-order valence-corrected chi connectivity index (χ0v) is 26.0. The van der Waals surface area contributed by atoms with E-state index in [2.05, 4.69) is 34.6 Å². The van der Waals surface area contributed by atoms with Gasteiger partial charge in [0, 0.05) is 41.2 Å². The molecule has 0 aliphatic rings. The third kappa shape index (κ3) is 11.6. The summed E-state index contributed by atoms with van der Waals surface area (Å²) in [4.78, 5) is 48.2. The summed E-state index contributed by atoms with van der Waals surface area (Å²) < 4.78 is 50.2. The first-order chi connectivity index (χ1) is 23.2. The van der Waals surface area contributed by atoms with Crippen LogP contribution in [0.15, 0.2) is 61.2 Å². The highest BCUT2D eigenvalue weighted by Gasteiger charge is 2.31. The Bertz CT molecular complexity index is 1970. The monoisotopic (exact) mass is 676 g/mol. The summed E-state index contributed by atoms with van der Waals surface area (Å²) in [6.45, 7) is 19.8. The number of alkyl halides is 3. The van der Waals surface area contributed by atoms with Crippen LogP contribution in [0.25, 0.3) is 44.9 Å². The summed E-state index contributed by atoms with van der Waals surface area (Å²) in [5.74, 6) is 3.97. The Morgan fingerprint density at radius 2 is 1.47 bits per heavy atom. The number of halogens is 3. The Morgan fingerprint density at radius 1 is 0.918 bits per heavy atom. The lowest BCUT2D eigenvalue weighted by molar-refractivity contribution is -0.137. The topological polar surface area (TPSA) is 178 Å². The van der Waals surface area contributed by atoms with Gasteiger partial charge >= 0.3 is 18.3 Å². The number of ether oxygens (including phenoxy) is 2. The van der Waals surface area contributed by atoms with Crippen LogP contribution in [-0.4, -0.2) is 54.2 Å². The predicted octanol–water partition coefficient (Wildman–Crippen LogP) is 5.59. The van der Waals surface area contributed by atoms with Gasteiger partial charge in [-0.1, -0.05) is 31.5 Å². The number of benzene rings is 2. The second-order valence-electron chi connectivity index (χ2n) is 10.2. The molecule has 252 valence electrons. The summed E-state index contributed by atoms with van der Waals surface area (Å²) in [6.07, 6.45) is 1.60. The van der Waals surface area contributed by atoms with Gasteiger partial charge in [0.15, 0.2) is 23.0 Å². The molecule has 1 amide bonds. The van der Waals surface area contributed by atoms with Crippen molar-refractivity contribution in [2.75, 3.05) is 6.61 Å². The van der Waals surface area contributed by atoms with E-state index in [-0.39, 0.29) is 29.6 Å². The van der Waals surface area contributed by atoms with Gasteiger partial charge in [0.1, 0.15) is 12.7 Å². The molecule has 3 N–H and O–H groups in total. The van der Waals surface area contributed by atoms with E-state index < -0.39 is 29.8 Å². The van der Waals surface area contributed by atoms with Crippen molar-refractivity contribution in [3.63, 3.8) is 0 Å². The number of nitrogens with two attached hydrogens (primary N) is 1. The fourth-order valence-electron chi connectivity index (χ4n) is 3.59. The average molecular weight is 677 g/mol. The largest absolute Gasteiger partial charge is 0.516 e. The van der Waals surface area contributed by atoms with Crippen LogP contribution in [0.1, 0.15) is 25.0 Å². The summed E-state index contributed by atoms with van der Waals surface area (Å²) >= 11 is 0. The number of nitrogens with zero attached hydrogens (tertiary/aromatic N) is 8. The molecule has 0 spiro atoms. The molecule has 0 saturated heterocycles. The molecule has 15 nitrogen and oxygen atoms in total. The molecule has 2 heterocycles. The second kappa shape index (κ2) is 16.8. The van der Waals surface area contributed by atoms with Crippen molar-refractivity contribution < 1.29 is 37.0 Å². The SMILES string of the molecule is [C-]#[N+]c1cc(-c2ncn(/C=C\C(=O)NN)n2)cc(C(F)(F)F)c1.[C-]#[N+]c1cc(C)cc(-c2ncn(/C=C\C(=O)OC(=O)OCC(C)C)n2)c1. The fraction of sp³-hybridized carbons (Fsp3) is 0.194. The van der Waals surface area contributed by atoms with E-state index in [1.807, 2.05) is 32.3 Å². The summed E-state index contributed by atoms with van der Waals surface area (Å²) in [5.41, 5.74) is 2.88. The highest BCUT2D eigenvalue weighted by Crippen LogP contribution is 2.35. The van der Waals surface area contributed by atoms with Crippen LogP contribution in [0.5, 0.6) is 0 Å². The molecule has 4 rings (SSSR count). The van der Waals surface area contributed by atoms with Gasteiger partial charge in [0.25, 0.3) is 5.91 Å². The Morgan fingerprint density at radius 3 is 2.00 bits per heavy atom. The number of aryl methyl sites for hydroxylation is 1. The Balaban J connectivity index is 0.000000267. The van der Waals surface area contributed by atoms with Gasteiger partial charge in [0.2, 0.25) is 0 Å². The lowest BCUT2D eigenvalue weighted by Gasteiger charge is -2.08. The molecular weight excluding hydrogens is 649 g/mol. The van der Waals surface area contributed by atoms with Gasteiger partial charge in [-0.15, -0.1) is 10.2 Å². The van der Waals surface area contributed by atoms with E-state index >= 15 is 0 Å². The van der Waals surface area contributed by atoms with Crippen LogP contribution < -0.4 is 11.3 Å². The standard InChI is InChI=1S/C18H18N4O4.C13H9F3N6O/c1-12(2)10-25-18(24)26-16(23)5-6-22-11-20-17(21-22)14-7-13(3)8-15(9-14)19-4;1-18-10-5-8(4-9(6-10)13(14,15)16)12-19-7-22(21-12)3-2-11(23)20-17/h5-9,11-12H,10H2,1-3H3;2-7H,17H2,(H,20,23)/b6-5-;3-2-. The first kappa shape index (κ1) is 36.8. The van der Waals surface area contributed by atoms with Crippen molar-refractivity contribution in [3.05, 3.63) is 95.2 Å². The molecule has 0 radical (unpaired) electrons. The number of hydrogen-bond acceptors (Lipinski definition) is 10. The summed E-state index contributed by atoms with van der Waals surface area (Å²) in [5, 5.41) is 8.11. The number of hydrazine groups is 1. The third-order valence-corrected chi connectivity index (χ3v) is 5.70. The van der Waals surface area contributed by atoms with E-state index in [4.69, 9.17) is 23.7 Å². The van der Waals surface area contributed by atoms with Crippen molar-refractivity contribution in [1.82, 2.24) is 35.0 Å². The Hall–Kier alpha value is -6.66. The molecule has 0 unspecified atom stereocenters. The van der Waals surface area contributed by atoms with E-state index in [0.29, 0.717) is 17.1 Å². The molecule has 0 fully saturated rings. The molecule has 0 bridgehead atoms. The van der Waals surface area contributed by atoms with Crippen LogP contribution in [0.3, 0.4) is 0 Å². The molecule has 0 atom stereocenters. The van der Waals surface area contributed by atoms with Crippen LogP contribution in [0.2, 0.25) is 0 Å². The number of hydrogen-bond donors (Lipinski definition) is 2. The van der Waals surface area contributed by atoms with Crippen molar-refractivity contribution in [1.29, 1.82) is 0 Å². The normalized spacial score (nSPS) is 11.1. The summed E-state index contributed by atoms with van der Waals surface area (Å²) in [7, 11) is 0. The number of carbonyl (C=O) groups is 3. The van der Waals surface area contributed by atoms with Crippen LogP contribution in [0.4, 0.5) is 29.3 Å². The smallest absolute Gasteiger partial charge is 0.434 e. The fourth-order valence-corrected chi connectivity index (χ4v) is 3.59. The number of esters is 1. The number of amides is 1. The molecule has 49 heavy (non-hydrogen) atoms. The molecule has 18 heteroatoms. The maximum Gasteiger partial charge on any atom is 0.516 e. The summed E-state index contributed by atoms with van der Waals surface area (Å²) in [6, 6.07) is 8.16. The lowest BCUT2D eigenvalue weighted by Crippen LogP contribution is -2.28. The predicted molar refractivity (Wildman–Crippen MR) is 168 cm³/mol. The van der Waals surface area contributed by atoms with Gasteiger partial charge < -0.3 is 9.47 Å². The molecule has 2 aromatic carbocycles. The van der Waals surface area contributed by atoms with E-state index in [9.17, 15) is 27.6 Å². The van der Waals surface area contributed by atoms with Gasteiger partial charge in [0.05, 0.1) is 19.8 Å². The molecule has 4 aromatic rings. The van der Waals surface area contributed by atoms with Crippen LogP contribution >= 0.6 is 0 Å². The maximum absolute atomic E-state index is 12.8. The number of aromatic nitrogens is 6. The molecule has 2 aromatic heterocycles. The van der Waals surface area contributed by atoms with Crippen molar-refractivity contribution in [3.8, 4) is 22.8 Å². The zero-order chi connectivity index (χ0) is 36.1. The number of nitrogens with one attached hydrogen (secondary N) is 1. The second-order valence-corrected chi connectivity index (χ2v) is 10.2. The van der Waals surface area contributed by atoms with Crippen LogP contribution in [0, 0.1) is 26.0 Å². The highest BCUT2D eigenvalue weighted by atomic mass is 19.4. The molecule has 0 saturated carbocycles. The number of rotatable bonds is 8.